The van der Waals surface area contributed by atoms with E-state index in [1.165, 1.54) is 19.2 Å². The van der Waals surface area contributed by atoms with E-state index in [1.54, 1.807) is 6.07 Å². The number of rotatable bonds is 3. The molecule has 0 bridgehead atoms. The van der Waals surface area contributed by atoms with Crippen molar-refractivity contribution in [2.75, 3.05) is 20.2 Å². The molecule has 5 nitrogen and oxygen atoms in total. The first-order chi connectivity index (χ1) is 11.0. The lowest BCUT2D eigenvalue weighted by Crippen LogP contribution is -2.44. The van der Waals surface area contributed by atoms with E-state index >= 15 is 0 Å². The van der Waals surface area contributed by atoms with E-state index in [9.17, 15) is 9.18 Å². The Morgan fingerprint density at radius 3 is 2.91 bits per heavy atom. The molecule has 0 radical (unpaired) electrons. The normalized spacial score (nSPS) is 20.2. The molecule has 7 heteroatoms. The fourth-order valence-corrected chi connectivity index (χ4v) is 3.22. The fourth-order valence-electron chi connectivity index (χ4n) is 3.04. The average molecular weight is 341 g/mol. The zero-order chi connectivity index (χ0) is 16.4. The molecule has 2 aliphatic rings. The summed E-state index contributed by atoms with van der Waals surface area (Å²) in [5.74, 6) is -0.719. The number of esters is 1. The van der Waals surface area contributed by atoms with Crippen LogP contribution in [0.5, 0.6) is 0 Å². The molecule has 0 aliphatic carbocycles. The third-order valence-electron chi connectivity index (χ3n) is 4.43. The van der Waals surface area contributed by atoms with Crippen LogP contribution in [0.3, 0.4) is 0 Å². The summed E-state index contributed by atoms with van der Waals surface area (Å²) in [7, 11) is 1.33. The predicted molar refractivity (Wildman–Crippen MR) is 83.8 cm³/mol. The Morgan fingerprint density at radius 1 is 1.48 bits per heavy atom. The summed E-state index contributed by atoms with van der Waals surface area (Å²) in [6, 6.07) is 4.40. The third-order valence-corrected chi connectivity index (χ3v) is 4.80. The third kappa shape index (κ3) is 3.48. The van der Waals surface area contributed by atoms with Crippen molar-refractivity contribution in [3.05, 3.63) is 34.6 Å². The van der Waals surface area contributed by atoms with Gasteiger partial charge < -0.3 is 9.57 Å². The molecule has 124 valence electrons. The van der Waals surface area contributed by atoms with Crippen molar-refractivity contribution < 1.29 is 18.8 Å². The number of carbonyl (C=O) groups is 1. The van der Waals surface area contributed by atoms with Crippen LogP contribution >= 0.6 is 11.6 Å². The minimum absolute atomic E-state index is 0.284. The number of hydrogen-bond acceptors (Lipinski definition) is 5. The molecule has 1 saturated heterocycles. The van der Waals surface area contributed by atoms with E-state index in [1.807, 2.05) is 0 Å². The zero-order valence-electron chi connectivity index (χ0n) is 12.8. The van der Waals surface area contributed by atoms with Gasteiger partial charge in [-0.2, -0.15) is 0 Å². The lowest BCUT2D eigenvalue weighted by atomic mass is 9.86. The van der Waals surface area contributed by atoms with Crippen LogP contribution in [0.4, 0.5) is 4.39 Å². The molecule has 1 aromatic rings. The topological polar surface area (TPSA) is 51.1 Å². The quantitative estimate of drug-likeness (QED) is 0.794. The first-order valence-corrected chi connectivity index (χ1v) is 7.89. The standard InChI is InChI=1S/C16H18ClFN2O3/c1-22-15(21)14-9-16(23-19-14)4-6-20(7-5-16)10-11-8-12(18)2-3-13(11)17/h2-3,8H,4-7,9-10H2,1H3. The summed E-state index contributed by atoms with van der Waals surface area (Å²) in [4.78, 5) is 19.3. The Morgan fingerprint density at radius 2 is 2.22 bits per heavy atom. The molecule has 2 aliphatic heterocycles. The maximum atomic E-state index is 13.3. The van der Waals surface area contributed by atoms with Gasteiger partial charge in [-0.05, 0) is 23.8 Å². The summed E-state index contributed by atoms with van der Waals surface area (Å²) >= 11 is 6.12. The fraction of sp³-hybridized carbons (Fsp3) is 0.500. The summed E-state index contributed by atoms with van der Waals surface area (Å²) in [6.07, 6.45) is 1.99. The molecule has 3 rings (SSSR count). The molecule has 1 aromatic carbocycles. The molecular weight excluding hydrogens is 323 g/mol. The first-order valence-electron chi connectivity index (χ1n) is 7.51. The van der Waals surface area contributed by atoms with Crippen LogP contribution in [0, 0.1) is 5.82 Å². The number of ether oxygens (including phenoxy) is 1. The maximum Gasteiger partial charge on any atom is 0.355 e. The SMILES string of the molecule is COC(=O)C1=NOC2(CCN(Cc3cc(F)ccc3Cl)CC2)C1. The van der Waals surface area contributed by atoms with Gasteiger partial charge in [0.05, 0.1) is 7.11 Å². The van der Waals surface area contributed by atoms with Crippen LogP contribution in [-0.4, -0.2) is 42.4 Å². The Kier molecular flexibility index (Phi) is 4.55. The summed E-state index contributed by atoms with van der Waals surface area (Å²) < 4.78 is 18.0. The summed E-state index contributed by atoms with van der Waals surface area (Å²) in [6.45, 7) is 2.14. The van der Waals surface area contributed by atoms with Gasteiger partial charge in [0.1, 0.15) is 11.4 Å². The van der Waals surface area contributed by atoms with Crippen LogP contribution in [-0.2, 0) is 20.9 Å². The Bertz CT molecular complexity index is 642. The highest BCUT2D eigenvalue weighted by molar-refractivity contribution is 6.36. The highest BCUT2D eigenvalue weighted by Gasteiger charge is 2.44. The smallest absolute Gasteiger partial charge is 0.355 e. The second kappa shape index (κ2) is 6.45. The van der Waals surface area contributed by atoms with E-state index in [2.05, 4.69) is 14.8 Å². The molecule has 1 spiro atoms. The molecule has 0 saturated carbocycles. The van der Waals surface area contributed by atoms with Crippen molar-refractivity contribution >= 4 is 23.3 Å². The predicted octanol–water partition coefficient (Wildman–Crippen LogP) is 2.76. The molecule has 1 fully saturated rings. The van der Waals surface area contributed by atoms with E-state index < -0.39 is 11.6 Å². The molecule has 0 amide bonds. The van der Waals surface area contributed by atoms with E-state index in [0.29, 0.717) is 23.7 Å². The molecule has 0 aromatic heterocycles. The first kappa shape index (κ1) is 16.2. The molecule has 0 unspecified atom stereocenters. The number of oxime groups is 1. The Hall–Kier alpha value is -1.66. The number of piperidine rings is 1. The van der Waals surface area contributed by atoms with Gasteiger partial charge in [-0.3, -0.25) is 4.90 Å². The van der Waals surface area contributed by atoms with Crippen molar-refractivity contribution in [1.29, 1.82) is 0 Å². The number of benzene rings is 1. The highest BCUT2D eigenvalue weighted by atomic mass is 35.5. The number of likely N-dealkylation sites (tertiary alicyclic amines) is 1. The minimum Gasteiger partial charge on any atom is -0.464 e. The maximum absolute atomic E-state index is 13.3. The van der Waals surface area contributed by atoms with Crippen LogP contribution < -0.4 is 0 Å². The Balaban J connectivity index is 1.57. The van der Waals surface area contributed by atoms with Crippen molar-refractivity contribution in [1.82, 2.24) is 4.90 Å². The monoisotopic (exact) mass is 340 g/mol. The van der Waals surface area contributed by atoms with E-state index in [-0.39, 0.29) is 5.82 Å². The van der Waals surface area contributed by atoms with Crippen molar-refractivity contribution in [3.8, 4) is 0 Å². The Labute approximate surface area is 139 Å². The molecule has 23 heavy (non-hydrogen) atoms. The lowest BCUT2D eigenvalue weighted by molar-refractivity contribution is -0.132. The molecular formula is C16H18ClFN2O3. The van der Waals surface area contributed by atoms with Crippen LogP contribution in [0.15, 0.2) is 23.4 Å². The van der Waals surface area contributed by atoms with Crippen LogP contribution in [0.2, 0.25) is 5.02 Å². The van der Waals surface area contributed by atoms with Crippen molar-refractivity contribution in [2.24, 2.45) is 5.16 Å². The lowest BCUT2D eigenvalue weighted by Gasteiger charge is -2.37. The summed E-state index contributed by atoms with van der Waals surface area (Å²) in [5, 5.41) is 4.44. The molecule has 0 atom stereocenters. The molecule has 0 N–H and O–H groups in total. The number of nitrogens with zero attached hydrogens (tertiary/aromatic N) is 2. The highest BCUT2D eigenvalue weighted by Crippen LogP contribution is 2.35. The second-order valence-electron chi connectivity index (χ2n) is 5.99. The van der Waals surface area contributed by atoms with Crippen LogP contribution in [0.25, 0.3) is 0 Å². The second-order valence-corrected chi connectivity index (χ2v) is 6.40. The summed E-state index contributed by atoms with van der Waals surface area (Å²) in [5.41, 5.74) is 0.710. The van der Waals surface area contributed by atoms with Gasteiger partial charge in [0.2, 0.25) is 0 Å². The van der Waals surface area contributed by atoms with Gasteiger partial charge in [0.15, 0.2) is 5.71 Å². The number of methoxy groups -OCH3 is 1. The van der Waals surface area contributed by atoms with Crippen molar-refractivity contribution in [3.63, 3.8) is 0 Å². The van der Waals surface area contributed by atoms with E-state index in [0.717, 1.165) is 31.5 Å². The van der Waals surface area contributed by atoms with Gasteiger partial charge in [0.25, 0.3) is 0 Å². The average Bonchev–Trinajstić information content (AvgIpc) is 2.96. The van der Waals surface area contributed by atoms with E-state index in [4.69, 9.17) is 16.4 Å². The van der Waals surface area contributed by atoms with Gasteiger partial charge in [-0.25, -0.2) is 9.18 Å². The molecule has 2 heterocycles. The number of carbonyl (C=O) groups excluding carboxylic acids is 1. The number of hydrogen-bond donors (Lipinski definition) is 0. The minimum atomic E-state index is -0.434. The van der Waals surface area contributed by atoms with Gasteiger partial charge in [0, 0.05) is 43.9 Å². The van der Waals surface area contributed by atoms with Gasteiger partial charge in [-0.1, -0.05) is 16.8 Å². The van der Waals surface area contributed by atoms with Gasteiger partial charge >= 0.3 is 5.97 Å². The largest absolute Gasteiger partial charge is 0.464 e. The number of halogens is 2. The van der Waals surface area contributed by atoms with Crippen LogP contribution in [0.1, 0.15) is 24.8 Å². The zero-order valence-corrected chi connectivity index (χ0v) is 13.6. The van der Waals surface area contributed by atoms with Gasteiger partial charge in [-0.15, -0.1) is 0 Å². The van der Waals surface area contributed by atoms with Crippen molar-refractivity contribution in [2.45, 2.75) is 31.4 Å².